The minimum absolute atomic E-state index is 0.134. The molecule has 0 bridgehead atoms. The van der Waals surface area contributed by atoms with Gasteiger partial charge in [0.25, 0.3) is 0 Å². The summed E-state index contributed by atoms with van der Waals surface area (Å²) in [6.45, 7) is 10.2. The average Bonchev–Trinajstić information content (AvgIpc) is 1.80. The Bertz CT molecular complexity index is 201. The zero-order valence-corrected chi connectivity index (χ0v) is 8.87. The Kier molecular flexibility index (Phi) is 2.66. The van der Waals surface area contributed by atoms with Crippen LogP contribution in [0.3, 0.4) is 0 Å². The predicted molar refractivity (Wildman–Crippen MR) is 51.6 cm³/mol. The summed E-state index contributed by atoms with van der Waals surface area (Å²) in [6, 6.07) is 0.461. The second-order valence-electron chi connectivity index (χ2n) is 5.03. The van der Waals surface area contributed by atoms with Crippen molar-refractivity contribution in [3.63, 3.8) is 0 Å². The molecule has 0 spiro atoms. The minimum Gasteiger partial charge on any atom is -0.481 e. The average molecular weight is 185 g/mol. The Hall–Kier alpha value is -0.570. The fourth-order valence-corrected chi connectivity index (χ4v) is 1.53. The molecule has 1 atom stereocenters. The van der Waals surface area contributed by atoms with E-state index < -0.39 is 5.97 Å². The molecule has 1 N–H and O–H groups in total. The Morgan fingerprint density at radius 1 is 1.46 bits per heavy atom. The number of carboxylic acids is 1. The summed E-state index contributed by atoms with van der Waals surface area (Å²) in [4.78, 5) is 12.8. The molecule has 0 saturated carbocycles. The van der Waals surface area contributed by atoms with Crippen molar-refractivity contribution >= 4 is 5.97 Å². The maximum Gasteiger partial charge on any atom is 0.309 e. The van der Waals surface area contributed by atoms with Gasteiger partial charge in [-0.05, 0) is 12.3 Å². The normalized spacial score (nSPS) is 22.5. The van der Waals surface area contributed by atoms with Crippen LogP contribution in [0.2, 0.25) is 0 Å². The van der Waals surface area contributed by atoms with Gasteiger partial charge < -0.3 is 5.11 Å². The summed E-state index contributed by atoms with van der Waals surface area (Å²) in [5.41, 5.74) is 0.240. The molecule has 0 radical (unpaired) electrons. The van der Waals surface area contributed by atoms with E-state index in [-0.39, 0.29) is 11.3 Å². The summed E-state index contributed by atoms with van der Waals surface area (Å²) in [5, 5.41) is 8.71. The maximum atomic E-state index is 10.6. The van der Waals surface area contributed by atoms with Crippen LogP contribution in [0.4, 0.5) is 0 Å². The standard InChI is InChI=1S/C10H19NO2/c1-7(10(2,3)4)11-5-8(6-11)9(12)13/h7-8H,5-6H2,1-4H3,(H,12,13). The molecule has 13 heavy (non-hydrogen) atoms. The molecule has 0 amide bonds. The number of rotatable bonds is 2. The van der Waals surface area contributed by atoms with Crippen LogP contribution in [0.5, 0.6) is 0 Å². The van der Waals surface area contributed by atoms with Gasteiger partial charge in [0.1, 0.15) is 0 Å². The molecule has 0 aromatic rings. The summed E-state index contributed by atoms with van der Waals surface area (Å²) in [5.74, 6) is -0.790. The van der Waals surface area contributed by atoms with Gasteiger partial charge in [-0.3, -0.25) is 9.69 Å². The molecule has 1 unspecified atom stereocenters. The van der Waals surface area contributed by atoms with E-state index in [1.165, 1.54) is 0 Å². The quantitative estimate of drug-likeness (QED) is 0.707. The van der Waals surface area contributed by atoms with Gasteiger partial charge >= 0.3 is 5.97 Å². The molecule has 3 nitrogen and oxygen atoms in total. The van der Waals surface area contributed by atoms with Crippen LogP contribution in [0.1, 0.15) is 27.7 Å². The van der Waals surface area contributed by atoms with Crippen LogP contribution in [-0.2, 0) is 4.79 Å². The third-order valence-electron chi connectivity index (χ3n) is 3.06. The van der Waals surface area contributed by atoms with Crippen molar-refractivity contribution in [2.24, 2.45) is 11.3 Å². The van der Waals surface area contributed by atoms with E-state index in [1.807, 2.05) is 0 Å². The van der Waals surface area contributed by atoms with Crippen molar-refractivity contribution in [2.45, 2.75) is 33.7 Å². The second kappa shape index (κ2) is 3.29. The van der Waals surface area contributed by atoms with Gasteiger partial charge in [-0.1, -0.05) is 20.8 Å². The van der Waals surface area contributed by atoms with Crippen LogP contribution in [0.15, 0.2) is 0 Å². The van der Waals surface area contributed by atoms with E-state index >= 15 is 0 Å². The zero-order valence-electron chi connectivity index (χ0n) is 8.87. The number of hydrogen-bond donors (Lipinski definition) is 1. The van der Waals surface area contributed by atoms with E-state index in [1.54, 1.807) is 0 Å². The lowest BCUT2D eigenvalue weighted by Gasteiger charge is -2.46. The number of carbonyl (C=O) groups is 1. The summed E-state index contributed by atoms with van der Waals surface area (Å²) >= 11 is 0. The fraction of sp³-hybridized carbons (Fsp3) is 0.900. The number of carboxylic acid groups (broad SMARTS) is 1. The van der Waals surface area contributed by atoms with Crippen LogP contribution in [-0.4, -0.2) is 35.1 Å². The van der Waals surface area contributed by atoms with E-state index in [0.29, 0.717) is 19.1 Å². The third-order valence-corrected chi connectivity index (χ3v) is 3.06. The van der Waals surface area contributed by atoms with Gasteiger partial charge in [-0.25, -0.2) is 0 Å². The van der Waals surface area contributed by atoms with Gasteiger partial charge in [0.2, 0.25) is 0 Å². The van der Waals surface area contributed by atoms with Gasteiger partial charge in [0.05, 0.1) is 5.92 Å². The lowest BCUT2D eigenvalue weighted by molar-refractivity contribution is -0.149. The Balaban J connectivity index is 2.39. The molecule has 1 heterocycles. The van der Waals surface area contributed by atoms with Gasteiger partial charge in [0.15, 0.2) is 0 Å². The summed E-state index contributed by atoms with van der Waals surface area (Å²) < 4.78 is 0. The monoisotopic (exact) mass is 185 g/mol. The second-order valence-corrected chi connectivity index (χ2v) is 5.03. The van der Waals surface area contributed by atoms with Crippen LogP contribution in [0, 0.1) is 11.3 Å². The van der Waals surface area contributed by atoms with Gasteiger partial charge in [-0.15, -0.1) is 0 Å². The van der Waals surface area contributed by atoms with Crippen molar-refractivity contribution in [2.75, 3.05) is 13.1 Å². The SMILES string of the molecule is CC(N1CC(C(=O)O)C1)C(C)(C)C. The van der Waals surface area contributed by atoms with Crippen molar-refractivity contribution in [3.8, 4) is 0 Å². The highest BCUT2D eigenvalue weighted by Gasteiger charge is 2.38. The first-order chi connectivity index (χ1) is 5.82. The highest BCUT2D eigenvalue weighted by Crippen LogP contribution is 2.29. The molecule has 76 valence electrons. The molecule has 3 heteroatoms. The first-order valence-electron chi connectivity index (χ1n) is 4.79. The molecule has 0 aromatic heterocycles. The first kappa shape index (κ1) is 10.5. The van der Waals surface area contributed by atoms with Crippen molar-refractivity contribution in [1.82, 2.24) is 4.90 Å². The summed E-state index contributed by atoms with van der Waals surface area (Å²) in [7, 11) is 0. The predicted octanol–water partition coefficient (Wildman–Crippen LogP) is 1.44. The first-order valence-corrected chi connectivity index (χ1v) is 4.79. The Morgan fingerprint density at radius 2 is 1.92 bits per heavy atom. The topological polar surface area (TPSA) is 40.5 Å². The van der Waals surface area contributed by atoms with Gasteiger partial charge in [-0.2, -0.15) is 0 Å². The molecule has 1 fully saturated rings. The minimum atomic E-state index is -0.655. The van der Waals surface area contributed by atoms with Gasteiger partial charge in [0, 0.05) is 19.1 Å². The lowest BCUT2D eigenvalue weighted by atomic mass is 9.83. The van der Waals surface area contributed by atoms with Crippen molar-refractivity contribution in [3.05, 3.63) is 0 Å². The van der Waals surface area contributed by atoms with E-state index in [9.17, 15) is 4.79 Å². The van der Waals surface area contributed by atoms with Crippen LogP contribution >= 0.6 is 0 Å². The maximum absolute atomic E-state index is 10.6. The van der Waals surface area contributed by atoms with E-state index in [0.717, 1.165) is 0 Å². The van der Waals surface area contributed by atoms with E-state index in [4.69, 9.17) is 5.11 Å². The summed E-state index contributed by atoms with van der Waals surface area (Å²) in [6.07, 6.45) is 0. The van der Waals surface area contributed by atoms with Crippen molar-refractivity contribution < 1.29 is 9.90 Å². The number of nitrogens with zero attached hydrogens (tertiary/aromatic N) is 1. The molecular weight excluding hydrogens is 166 g/mol. The van der Waals surface area contributed by atoms with Crippen LogP contribution in [0.25, 0.3) is 0 Å². The zero-order chi connectivity index (χ0) is 10.2. The molecule has 1 aliphatic heterocycles. The van der Waals surface area contributed by atoms with E-state index in [2.05, 4.69) is 32.6 Å². The van der Waals surface area contributed by atoms with Crippen molar-refractivity contribution in [1.29, 1.82) is 0 Å². The third kappa shape index (κ3) is 2.21. The Morgan fingerprint density at radius 3 is 2.23 bits per heavy atom. The number of likely N-dealkylation sites (tertiary alicyclic amines) is 1. The number of aliphatic carboxylic acids is 1. The Labute approximate surface area is 79.7 Å². The molecular formula is C10H19NO2. The fourth-order valence-electron chi connectivity index (χ4n) is 1.53. The lowest BCUT2D eigenvalue weighted by Crippen LogP contribution is -2.57. The molecule has 0 aromatic carbocycles. The van der Waals surface area contributed by atoms with Crippen LogP contribution < -0.4 is 0 Å². The highest BCUT2D eigenvalue weighted by molar-refractivity contribution is 5.71. The molecule has 1 saturated heterocycles. The highest BCUT2D eigenvalue weighted by atomic mass is 16.4. The smallest absolute Gasteiger partial charge is 0.309 e. The molecule has 1 rings (SSSR count). The molecule has 0 aliphatic carbocycles. The largest absolute Gasteiger partial charge is 0.481 e. The molecule has 1 aliphatic rings. The number of hydrogen-bond acceptors (Lipinski definition) is 2.